The summed E-state index contributed by atoms with van der Waals surface area (Å²) in [4.78, 5) is 72.1. The van der Waals surface area contributed by atoms with Gasteiger partial charge in [-0.1, -0.05) is 62.4 Å². The van der Waals surface area contributed by atoms with Crippen molar-refractivity contribution in [2.24, 2.45) is 5.92 Å². The minimum atomic E-state index is -1.37. The summed E-state index contributed by atoms with van der Waals surface area (Å²) >= 11 is 0. The van der Waals surface area contributed by atoms with Crippen LogP contribution in [0.4, 0.5) is 10.6 Å². The molecule has 1 aliphatic heterocycles. The first-order chi connectivity index (χ1) is 22.7. The van der Waals surface area contributed by atoms with E-state index in [4.69, 9.17) is 9.47 Å². The number of anilines is 1. The van der Waals surface area contributed by atoms with Crippen LogP contribution >= 0.6 is 0 Å². The number of nitrogens with zero attached hydrogens (tertiary/aromatic N) is 3. The summed E-state index contributed by atoms with van der Waals surface area (Å²) in [6.07, 6.45) is 9.10. The van der Waals surface area contributed by atoms with Crippen LogP contribution in [0.15, 0.2) is 42.9 Å². The fraction of sp³-hybridized carbons (Fsp3) is 0.600. The molecule has 4 rings (SSSR count). The Kier molecular flexibility index (Phi) is 11.9. The highest BCUT2D eigenvalue weighted by atomic mass is 16.6. The number of esters is 1. The zero-order chi connectivity index (χ0) is 35.1. The number of methoxy groups -OCH3 is 1. The highest BCUT2D eigenvalue weighted by molar-refractivity contribution is 5.98. The van der Waals surface area contributed by atoms with Gasteiger partial charge in [0.1, 0.15) is 29.3 Å². The number of rotatable bonds is 11. The number of carbonyl (C=O) groups is 5. The number of benzene rings is 1. The topological polar surface area (TPSA) is 161 Å². The Morgan fingerprint density at radius 1 is 0.958 bits per heavy atom. The second-order valence-corrected chi connectivity index (χ2v) is 14.2. The molecule has 262 valence electrons. The maximum atomic E-state index is 14.0. The van der Waals surface area contributed by atoms with Gasteiger partial charge in [-0.15, -0.1) is 0 Å². The number of hydrogen-bond acceptors (Lipinski definition) is 8. The molecule has 0 radical (unpaired) electrons. The molecule has 0 spiro atoms. The van der Waals surface area contributed by atoms with Gasteiger partial charge >= 0.3 is 12.1 Å². The molecule has 2 fully saturated rings. The summed E-state index contributed by atoms with van der Waals surface area (Å²) in [7, 11) is 1.31. The lowest BCUT2D eigenvalue weighted by Gasteiger charge is -2.31. The summed E-state index contributed by atoms with van der Waals surface area (Å²) in [5.41, 5.74) is -1.42. The molecule has 3 N–H and O–H groups in total. The Hall–Kier alpha value is -4.42. The summed E-state index contributed by atoms with van der Waals surface area (Å²) < 4.78 is 11.9. The van der Waals surface area contributed by atoms with Crippen molar-refractivity contribution in [3.05, 3.63) is 48.4 Å². The fourth-order valence-electron chi connectivity index (χ4n) is 6.34. The summed E-state index contributed by atoms with van der Waals surface area (Å²) in [5.74, 6) is -1.28. The summed E-state index contributed by atoms with van der Waals surface area (Å²) in [5, 5.41) is 8.30. The van der Waals surface area contributed by atoms with Crippen molar-refractivity contribution in [1.82, 2.24) is 25.1 Å². The van der Waals surface area contributed by atoms with Crippen molar-refractivity contribution in [1.29, 1.82) is 0 Å². The average molecular weight is 667 g/mol. The molecule has 1 saturated carbocycles. The average Bonchev–Trinajstić information content (AvgIpc) is 3.70. The lowest BCUT2D eigenvalue weighted by molar-refractivity contribution is -0.151. The van der Waals surface area contributed by atoms with E-state index in [2.05, 4.69) is 20.9 Å². The van der Waals surface area contributed by atoms with Gasteiger partial charge in [-0.05, 0) is 65.4 Å². The quantitative estimate of drug-likeness (QED) is 0.299. The summed E-state index contributed by atoms with van der Waals surface area (Å²) in [6.45, 7) is 8.71. The third-order valence-electron chi connectivity index (χ3n) is 8.81. The first kappa shape index (κ1) is 36.4. The van der Waals surface area contributed by atoms with Crippen LogP contribution in [0.5, 0.6) is 0 Å². The molecule has 48 heavy (non-hydrogen) atoms. The predicted molar refractivity (Wildman–Crippen MR) is 179 cm³/mol. The molecule has 2 aliphatic rings. The number of ether oxygens (including phenoxy) is 2. The largest absolute Gasteiger partial charge is 0.467 e. The molecule has 1 aromatic carbocycles. The molecule has 4 amide bonds. The number of hydrogen-bond donors (Lipinski definition) is 3. The molecule has 1 saturated heterocycles. The molecule has 3 atom stereocenters. The first-order valence-corrected chi connectivity index (χ1v) is 16.8. The van der Waals surface area contributed by atoms with Crippen LogP contribution in [0.3, 0.4) is 0 Å². The lowest BCUT2D eigenvalue weighted by atomic mass is 9.84. The Labute approximate surface area is 282 Å². The van der Waals surface area contributed by atoms with Gasteiger partial charge in [0.2, 0.25) is 11.8 Å². The van der Waals surface area contributed by atoms with Crippen molar-refractivity contribution in [2.45, 2.75) is 115 Å². The minimum absolute atomic E-state index is 0.203. The zero-order valence-corrected chi connectivity index (χ0v) is 28.9. The molecule has 0 bridgehead atoms. The third kappa shape index (κ3) is 9.57. The SMILES string of the molecule is COC(=O)[C@@H]1CCCN1C(=O)[C@@H](c1ccccc1)n1cnc(NC(=O)[C@@H](CC2CCCCC2)NC(=O)C(C)(C)NC(=O)OC(C)(C)C)c1. The molecule has 0 unspecified atom stereocenters. The van der Waals surface area contributed by atoms with Crippen LogP contribution in [-0.2, 0) is 28.7 Å². The fourth-order valence-corrected chi connectivity index (χ4v) is 6.34. The molecule has 2 aromatic rings. The normalized spacial score (nSPS) is 18.4. The monoisotopic (exact) mass is 666 g/mol. The van der Waals surface area contributed by atoms with E-state index in [9.17, 15) is 24.0 Å². The van der Waals surface area contributed by atoms with E-state index < -0.39 is 53.1 Å². The van der Waals surface area contributed by atoms with E-state index in [-0.39, 0.29) is 17.6 Å². The second kappa shape index (κ2) is 15.7. The van der Waals surface area contributed by atoms with E-state index in [0.29, 0.717) is 31.4 Å². The van der Waals surface area contributed by atoms with Gasteiger partial charge in [0, 0.05) is 12.7 Å². The molecular weight excluding hydrogens is 616 g/mol. The van der Waals surface area contributed by atoms with Crippen LogP contribution in [0.25, 0.3) is 0 Å². The Morgan fingerprint density at radius 2 is 1.65 bits per heavy atom. The Balaban J connectivity index is 1.54. The van der Waals surface area contributed by atoms with Crippen molar-refractivity contribution >= 4 is 35.6 Å². The van der Waals surface area contributed by atoms with Crippen LogP contribution in [0.1, 0.15) is 97.6 Å². The van der Waals surface area contributed by atoms with Crippen LogP contribution in [0, 0.1) is 5.92 Å². The molecule has 2 heterocycles. The molecular formula is C35H50N6O7. The van der Waals surface area contributed by atoms with E-state index in [0.717, 1.165) is 32.1 Å². The van der Waals surface area contributed by atoms with Crippen molar-refractivity contribution < 1.29 is 33.4 Å². The van der Waals surface area contributed by atoms with Gasteiger partial charge in [0.05, 0.1) is 13.4 Å². The van der Waals surface area contributed by atoms with Crippen molar-refractivity contribution in [3.8, 4) is 0 Å². The molecule has 13 nitrogen and oxygen atoms in total. The van der Waals surface area contributed by atoms with Gasteiger partial charge in [-0.2, -0.15) is 0 Å². The Morgan fingerprint density at radius 3 is 2.29 bits per heavy atom. The maximum absolute atomic E-state index is 14.0. The van der Waals surface area contributed by atoms with Crippen LogP contribution < -0.4 is 16.0 Å². The van der Waals surface area contributed by atoms with Gasteiger partial charge < -0.3 is 34.9 Å². The third-order valence-corrected chi connectivity index (χ3v) is 8.81. The predicted octanol–water partition coefficient (Wildman–Crippen LogP) is 4.33. The number of alkyl carbamates (subject to hydrolysis) is 1. The summed E-state index contributed by atoms with van der Waals surface area (Å²) in [6, 6.07) is 6.75. The van der Waals surface area contributed by atoms with E-state index >= 15 is 0 Å². The number of amides is 4. The van der Waals surface area contributed by atoms with E-state index in [1.54, 1.807) is 50.3 Å². The molecule has 1 aromatic heterocycles. The number of likely N-dealkylation sites (tertiary alicyclic amines) is 1. The first-order valence-electron chi connectivity index (χ1n) is 16.8. The van der Waals surface area contributed by atoms with Gasteiger partial charge in [-0.25, -0.2) is 14.6 Å². The highest BCUT2D eigenvalue weighted by Gasteiger charge is 2.39. The lowest BCUT2D eigenvalue weighted by Crippen LogP contribution is -2.59. The standard InChI is InChI=1S/C35H50N6O7/c1-34(2,3)48-33(46)39-35(4,5)32(45)37-25(20-23-14-9-7-10-15-23)29(42)38-27-21-40(22-36-27)28(24-16-11-8-12-17-24)30(43)41-19-13-18-26(41)31(44)47-6/h8,11-12,16-17,21-23,25-26,28H,7,9-10,13-15,18-20H2,1-6H3,(H,37,45)(H,38,42)(H,39,46)/t25-,26+,28-/m1/s1. The number of imidazole rings is 1. The smallest absolute Gasteiger partial charge is 0.408 e. The van der Waals surface area contributed by atoms with Crippen molar-refractivity contribution in [3.63, 3.8) is 0 Å². The number of carbonyl (C=O) groups excluding carboxylic acids is 5. The number of nitrogens with one attached hydrogen (secondary N) is 3. The maximum Gasteiger partial charge on any atom is 0.408 e. The van der Waals surface area contributed by atoms with Crippen LogP contribution in [-0.4, -0.2) is 81.1 Å². The zero-order valence-electron chi connectivity index (χ0n) is 28.9. The van der Waals surface area contributed by atoms with E-state index in [1.165, 1.54) is 13.4 Å². The molecule has 13 heteroatoms. The van der Waals surface area contributed by atoms with Crippen LogP contribution in [0.2, 0.25) is 0 Å². The van der Waals surface area contributed by atoms with E-state index in [1.807, 2.05) is 30.3 Å². The van der Waals surface area contributed by atoms with Crippen molar-refractivity contribution in [2.75, 3.05) is 19.0 Å². The second-order valence-electron chi connectivity index (χ2n) is 14.2. The van der Waals surface area contributed by atoms with Gasteiger partial charge in [0.25, 0.3) is 5.91 Å². The Bertz CT molecular complexity index is 1440. The number of aromatic nitrogens is 2. The minimum Gasteiger partial charge on any atom is -0.467 e. The molecule has 1 aliphatic carbocycles. The highest BCUT2D eigenvalue weighted by Crippen LogP contribution is 2.29. The van der Waals surface area contributed by atoms with Gasteiger partial charge in [0.15, 0.2) is 5.82 Å². The van der Waals surface area contributed by atoms with Gasteiger partial charge in [-0.3, -0.25) is 14.4 Å².